The number of nitrogens with zero attached hydrogens (tertiary/aromatic N) is 1. The van der Waals surface area contributed by atoms with Crippen LogP contribution in [0.2, 0.25) is 0 Å². The zero-order chi connectivity index (χ0) is 30.0. The average molecular weight is 634 g/mol. The van der Waals surface area contributed by atoms with Gasteiger partial charge in [-0.25, -0.2) is 0 Å². The molecule has 0 aliphatic heterocycles. The predicted molar refractivity (Wildman–Crippen MR) is 173 cm³/mol. The number of hydrogen-bond donors (Lipinski definition) is 1. The molecule has 0 atom stereocenters. The van der Waals surface area contributed by atoms with Crippen LogP contribution in [-0.4, -0.2) is 12.5 Å². The first-order valence-corrected chi connectivity index (χ1v) is 14.6. The molecule has 0 aliphatic rings. The maximum Gasteiger partial charge on any atom is 0.266 e. The summed E-state index contributed by atoms with van der Waals surface area (Å²) in [4.78, 5) is 13.0. The van der Waals surface area contributed by atoms with Crippen molar-refractivity contribution in [2.24, 2.45) is 0 Å². The van der Waals surface area contributed by atoms with Crippen LogP contribution in [0.4, 0.5) is 5.69 Å². The maximum absolute atomic E-state index is 13.0. The van der Waals surface area contributed by atoms with Gasteiger partial charge in [0.05, 0.1) is 11.1 Å². The highest BCUT2D eigenvalue weighted by molar-refractivity contribution is 9.10. The zero-order valence-electron chi connectivity index (χ0n) is 23.5. The van der Waals surface area contributed by atoms with E-state index in [1.54, 1.807) is 36.4 Å². The summed E-state index contributed by atoms with van der Waals surface area (Å²) >= 11 is 3.59. The lowest BCUT2D eigenvalue weighted by atomic mass is 10.1. The second-order valence-corrected chi connectivity index (χ2v) is 10.5. The van der Waals surface area contributed by atoms with E-state index in [-0.39, 0.29) is 5.57 Å². The standard InChI is InChI=1S/C36H29BrN2O4/c1-2-41-34-21-27(20-33(37)35(34)43-24-26-12-13-28-10-6-7-11-29(28)18-26)19-30(22-38)36(40)39-31-14-16-32(17-15-31)42-23-25-8-4-3-5-9-25/h3-21H,2,23-24H2,1H3,(H,39,40)/b30-19+. The first-order chi connectivity index (χ1) is 21.0. The van der Waals surface area contributed by atoms with Crippen LogP contribution in [-0.2, 0) is 18.0 Å². The van der Waals surface area contributed by atoms with Gasteiger partial charge in [-0.2, -0.15) is 5.26 Å². The van der Waals surface area contributed by atoms with E-state index in [1.807, 2.05) is 61.5 Å². The summed E-state index contributed by atoms with van der Waals surface area (Å²) in [5.74, 6) is 1.21. The monoisotopic (exact) mass is 632 g/mol. The molecule has 0 heterocycles. The Bertz CT molecular complexity index is 1790. The molecule has 5 aromatic rings. The first-order valence-electron chi connectivity index (χ1n) is 13.8. The van der Waals surface area contributed by atoms with Crippen LogP contribution >= 0.6 is 15.9 Å². The van der Waals surface area contributed by atoms with Crippen LogP contribution in [0.3, 0.4) is 0 Å². The van der Waals surface area contributed by atoms with Gasteiger partial charge in [-0.1, -0.05) is 66.7 Å². The van der Waals surface area contributed by atoms with E-state index in [1.165, 1.54) is 11.5 Å². The van der Waals surface area contributed by atoms with Crippen molar-refractivity contribution in [2.45, 2.75) is 20.1 Å². The van der Waals surface area contributed by atoms with E-state index in [4.69, 9.17) is 14.2 Å². The number of nitrogens with one attached hydrogen (secondary N) is 1. The van der Waals surface area contributed by atoms with Crippen molar-refractivity contribution in [3.63, 3.8) is 0 Å². The van der Waals surface area contributed by atoms with Gasteiger partial charge in [0.15, 0.2) is 11.5 Å². The predicted octanol–water partition coefficient (Wildman–Crippen LogP) is 8.70. The smallest absolute Gasteiger partial charge is 0.266 e. The third-order valence-corrected chi connectivity index (χ3v) is 7.15. The van der Waals surface area contributed by atoms with Crippen molar-refractivity contribution < 1.29 is 19.0 Å². The molecule has 0 unspecified atom stereocenters. The number of amides is 1. The Morgan fingerprint density at radius 1 is 0.814 bits per heavy atom. The molecule has 43 heavy (non-hydrogen) atoms. The molecule has 0 spiro atoms. The fourth-order valence-corrected chi connectivity index (χ4v) is 5.02. The zero-order valence-corrected chi connectivity index (χ0v) is 25.1. The number of halogens is 1. The second kappa shape index (κ2) is 14.2. The minimum atomic E-state index is -0.522. The number of rotatable bonds is 11. The van der Waals surface area contributed by atoms with Crippen molar-refractivity contribution in [1.82, 2.24) is 0 Å². The van der Waals surface area contributed by atoms with Gasteiger partial charge in [0.1, 0.15) is 30.6 Å². The van der Waals surface area contributed by atoms with Crippen molar-refractivity contribution >= 4 is 44.4 Å². The number of anilines is 1. The number of fused-ring (bicyclic) bond motifs is 1. The van der Waals surface area contributed by atoms with Crippen LogP contribution in [0.1, 0.15) is 23.6 Å². The molecule has 7 heteroatoms. The van der Waals surface area contributed by atoms with Gasteiger partial charge in [0.25, 0.3) is 5.91 Å². The maximum atomic E-state index is 13.0. The molecule has 6 nitrogen and oxygen atoms in total. The third-order valence-electron chi connectivity index (χ3n) is 6.57. The highest BCUT2D eigenvalue weighted by Gasteiger charge is 2.15. The summed E-state index contributed by atoms with van der Waals surface area (Å²) in [5.41, 5.74) is 3.20. The van der Waals surface area contributed by atoms with Crippen molar-refractivity contribution in [3.8, 4) is 23.3 Å². The van der Waals surface area contributed by atoms with Crippen molar-refractivity contribution in [2.75, 3.05) is 11.9 Å². The topological polar surface area (TPSA) is 80.6 Å². The molecule has 0 radical (unpaired) electrons. The molecule has 214 valence electrons. The Morgan fingerprint density at radius 2 is 1.53 bits per heavy atom. The lowest BCUT2D eigenvalue weighted by Crippen LogP contribution is -2.13. The number of benzene rings is 5. The molecule has 1 N–H and O–H groups in total. The van der Waals surface area contributed by atoms with Crippen LogP contribution in [0.15, 0.2) is 119 Å². The largest absolute Gasteiger partial charge is 0.490 e. The molecule has 5 rings (SSSR count). The Kier molecular flexibility index (Phi) is 9.73. The molecule has 1 amide bonds. The molecule has 0 saturated carbocycles. The lowest BCUT2D eigenvalue weighted by Gasteiger charge is -2.15. The molecule has 0 aromatic heterocycles. The van der Waals surface area contributed by atoms with Crippen molar-refractivity contribution in [1.29, 1.82) is 5.26 Å². The van der Waals surface area contributed by atoms with Gasteiger partial charge in [-0.15, -0.1) is 0 Å². The highest BCUT2D eigenvalue weighted by atomic mass is 79.9. The van der Waals surface area contributed by atoms with E-state index in [0.29, 0.717) is 52.8 Å². The van der Waals surface area contributed by atoms with Gasteiger partial charge in [0.2, 0.25) is 0 Å². The number of nitriles is 1. The van der Waals surface area contributed by atoms with Gasteiger partial charge in [-0.05, 0) is 98.9 Å². The molecular formula is C36H29BrN2O4. The molecule has 0 fully saturated rings. The molecule has 0 aliphatic carbocycles. The van der Waals surface area contributed by atoms with Crippen LogP contribution in [0, 0.1) is 11.3 Å². The van der Waals surface area contributed by atoms with Crippen LogP contribution in [0.25, 0.3) is 16.8 Å². The summed E-state index contributed by atoms with van der Waals surface area (Å²) in [5, 5.41) is 14.9. The lowest BCUT2D eigenvalue weighted by molar-refractivity contribution is -0.112. The molecule has 0 bridgehead atoms. The minimum absolute atomic E-state index is 0.0522. The van der Waals surface area contributed by atoms with Gasteiger partial charge in [0, 0.05) is 5.69 Å². The fourth-order valence-electron chi connectivity index (χ4n) is 4.45. The summed E-state index contributed by atoms with van der Waals surface area (Å²) in [6.07, 6.45) is 1.52. The Balaban J connectivity index is 1.26. The minimum Gasteiger partial charge on any atom is -0.490 e. The van der Waals surface area contributed by atoms with Gasteiger partial charge < -0.3 is 19.5 Å². The second-order valence-electron chi connectivity index (χ2n) is 9.66. The summed E-state index contributed by atoms with van der Waals surface area (Å²) in [6.45, 7) is 3.10. The third kappa shape index (κ3) is 7.82. The summed E-state index contributed by atoms with van der Waals surface area (Å²) in [7, 11) is 0. The van der Waals surface area contributed by atoms with Gasteiger partial charge in [-0.3, -0.25) is 4.79 Å². The van der Waals surface area contributed by atoms with Crippen LogP contribution in [0.5, 0.6) is 17.2 Å². The Morgan fingerprint density at radius 3 is 2.28 bits per heavy atom. The number of hydrogen-bond acceptors (Lipinski definition) is 5. The van der Waals surface area contributed by atoms with Crippen LogP contribution < -0.4 is 19.5 Å². The number of ether oxygens (including phenoxy) is 3. The fraction of sp³-hybridized carbons (Fsp3) is 0.111. The van der Waals surface area contributed by atoms with E-state index in [9.17, 15) is 10.1 Å². The van der Waals surface area contributed by atoms with E-state index in [2.05, 4.69) is 45.5 Å². The molecular weight excluding hydrogens is 604 g/mol. The summed E-state index contributed by atoms with van der Waals surface area (Å²) < 4.78 is 18.5. The highest BCUT2D eigenvalue weighted by Crippen LogP contribution is 2.38. The van der Waals surface area contributed by atoms with Gasteiger partial charge >= 0.3 is 0 Å². The average Bonchev–Trinajstić information content (AvgIpc) is 3.03. The van der Waals surface area contributed by atoms with Crippen molar-refractivity contribution in [3.05, 3.63) is 136 Å². The molecule has 5 aromatic carbocycles. The number of carbonyl (C=O) groups excluding carboxylic acids is 1. The first kappa shape index (κ1) is 29.4. The van der Waals surface area contributed by atoms with E-state index < -0.39 is 5.91 Å². The normalized spacial score (nSPS) is 11.0. The van der Waals surface area contributed by atoms with E-state index >= 15 is 0 Å². The SMILES string of the molecule is CCOc1cc(/C=C(\C#N)C(=O)Nc2ccc(OCc3ccccc3)cc2)cc(Br)c1OCc1ccc2ccccc2c1. The molecule has 0 saturated heterocycles. The number of carbonyl (C=O) groups is 1. The van der Waals surface area contributed by atoms with E-state index in [0.717, 1.165) is 16.5 Å². The Hall–Kier alpha value is -5.06. The summed E-state index contributed by atoms with van der Waals surface area (Å²) in [6, 6.07) is 36.8. The quantitative estimate of drug-likeness (QED) is 0.116. The Labute approximate surface area is 259 Å².